The van der Waals surface area contributed by atoms with Gasteiger partial charge in [-0.15, -0.1) is 0 Å². The van der Waals surface area contributed by atoms with E-state index in [9.17, 15) is 17.6 Å². The van der Waals surface area contributed by atoms with Gasteiger partial charge in [-0.3, -0.25) is 9.10 Å². The van der Waals surface area contributed by atoms with E-state index in [1.165, 1.54) is 25.1 Å². The van der Waals surface area contributed by atoms with Crippen LogP contribution in [0.25, 0.3) is 0 Å². The van der Waals surface area contributed by atoms with Crippen molar-refractivity contribution in [3.63, 3.8) is 0 Å². The van der Waals surface area contributed by atoms with Crippen LogP contribution in [0, 0.1) is 5.82 Å². The highest BCUT2D eigenvalue weighted by Crippen LogP contribution is 2.22. The minimum Gasteiger partial charge on any atom is -0.279 e. The summed E-state index contributed by atoms with van der Waals surface area (Å²) in [6.45, 7) is 0.820. The number of hydrogen-bond acceptors (Lipinski definition) is 3. The van der Waals surface area contributed by atoms with Gasteiger partial charge in [-0.05, 0) is 30.7 Å². The summed E-state index contributed by atoms with van der Waals surface area (Å²) >= 11 is 5.17. The molecule has 0 N–H and O–H groups in total. The first kappa shape index (κ1) is 13.9. The van der Waals surface area contributed by atoms with Crippen LogP contribution in [-0.2, 0) is 14.8 Å². The Bertz CT molecular complexity index is 518. The Morgan fingerprint density at radius 1 is 1.41 bits per heavy atom. The van der Waals surface area contributed by atoms with Crippen LogP contribution in [0.2, 0.25) is 0 Å². The second kappa shape index (κ2) is 5.46. The number of halogens is 2. The fourth-order valence-electron chi connectivity index (χ4n) is 1.26. The van der Waals surface area contributed by atoms with Crippen molar-refractivity contribution in [3.8, 4) is 0 Å². The number of nitrogens with zero attached hydrogens (tertiary/aromatic N) is 1. The number of benzene rings is 1. The quantitative estimate of drug-likeness (QED) is 0.772. The number of rotatable bonds is 5. The summed E-state index contributed by atoms with van der Waals surface area (Å²) in [5, 5.41) is -0.870. The maximum Gasteiger partial charge on any atom is 0.242 e. The van der Waals surface area contributed by atoms with Crippen molar-refractivity contribution in [3.05, 3.63) is 30.1 Å². The Labute approximate surface area is 104 Å². The predicted molar refractivity (Wildman–Crippen MR) is 64.1 cm³/mol. The molecule has 0 saturated heterocycles. The molecule has 0 saturated carbocycles. The van der Waals surface area contributed by atoms with Crippen molar-refractivity contribution in [1.82, 2.24) is 0 Å². The molecule has 94 valence electrons. The van der Waals surface area contributed by atoms with Crippen LogP contribution in [0.4, 0.5) is 10.1 Å². The van der Waals surface area contributed by atoms with E-state index in [0.717, 1.165) is 6.07 Å². The van der Waals surface area contributed by atoms with Crippen LogP contribution >= 0.6 is 11.6 Å². The Kier molecular flexibility index (Phi) is 4.47. The molecular formula is C10H11ClFNO3S. The summed E-state index contributed by atoms with van der Waals surface area (Å²) in [4.78, 5) is 10.8. The molecule has 17 heavy (non-hydrogen) atoms. The van der Waals surface area contributed by atoms with Gasteiger partial charge in [-0.2, -0.15) is 0 Å². The molecule has 0 aromatic heterocycles. The third-order valence-corrected chi connectivity index (χ3v) is 3.94. The lowest BCUT2D eigenvalue weighted by Gasteiger charge is -2.22. The molecule has 0 aliphatic rings. The van der Waals surface area contributed by atoms with Gasteiger partial charge in [0.05, 0.1) is 11.4 Å². The van der Waals surface area contributed by atoms with Crippen molar-refractivity contribution in [2.24, 2.45) is 0 Å². The molecule has 0 unspecified atom stereocenters. The van der Waals surface area contributed by atoms with E-state index in [2.05, 4.69) is 0 Å². The van der Waals surface area contributed by atoms with Crippen molar-refractivity contribution in [2.45, 2.75) is 6.92 Å². The molecule has 0 radical (unpaired) electrons. The SMILES string of the molecule is CCS(=O)(=O)N(CC(=O)Cl)c1ccccc1F. The minimum absolute atomic E-state index is 0.177. The van der Waals surface area contributed by atoms with Crippen LogP contribution in [0.15, 0.2) is 24.3 Å². The smallest absolute Gasteiger partial charge is 0.242 e. The molecule has 4 nitrogen and oxygen atoms in total. The molecule has 1 aromatic rings. The number of hydrogen-bond donors (Lipinski definition) is 0. The average Bonchev–Trinajstić information content (AvgIpc) is 2.26. The Hall–Kier alpha value is -1.14. The van der Waals surface area contributed by atoms with Gasteiger partial charge in [-0.25, -0.2) is 12.8 Å². The molecule has 1 rings (SSSR count). The lowest BCUT2D eigenvalue weighted by molar-refractivity contribution is -0.110. The Morgan fingerprint density at radius 2 is 2.00 bits per heavy atom. The topological polar surface area (TPSA) is 54.5 Å². The van der Waals surface area contributed by atoms with Crippen molar-refractivity contribution in [1.29, 1.82) is 0 Å². The zero-order valence-electron chi connectivity index (χ0n) is 9.06. The molecule has 0 amide bonds. The van der Waals surface area contributed by atoms with E-state index in [1.807, 2.05) is 0 Å². The number of sulfonamides is 1. The van der Waals surface area contributed by atoms with Crippen LogP contribution < -0.4 is 4.31 Å². The second-order valence-electron chi connectivity index (χ2n) is 3.21. The molecule has 0 fully saturated rings. The molecule has 0 aliphatic carbocycles. The first-order valence-electron chi connectivity index (χ1n) is 4.81. The second-order valence-corrected chi connectivity index (χ2v) is 5.82. The molecule has 0 spiro atoms. The molecule has 0 heterocycles. The summed E-state index contributed by atoms with van der Waals surface area (Å²) < 4.78 is 37.6. The predicted octanol–water partition coefficient (Wildman–Crippen LogP) is 1.75. The number of carbonyl (C=O) groups is 1. The van der Waals surface area contributed by atoms with E-state index in [0.29, 0.717) is 4.31 Å². The standard InChI is InChI=1S/C10H11ClFNO3S/c1-2-17(15,16)13(7-10(11)14)9-6-4-3-5-8(9)12/h3-6H,2,7H2,1H3. The van der Waals surface area contributed by atoms with Gasteiger partial charge in [0.2, 0.25) is 15.3 Å². The summed E-state index contributed by atoms with van der Waals surface area (Å²) in [7, 11) is -3.74. The zero-order chi connectivity index (χ0) is 13.1. The van der Waals surface area contributed by atoms with Crippen molar-refractivity contribution in [2.75, 3.05) is 16.6 Å². The molecule has 0 aliphatic heterocycles. The highest BCUT2D eigenvalue weighted by molar-refractivity contribution is 7.92. The fourth-order valence-corrected chi connectivity index (χ4v) is 2.52. The first-order chi connectivity index (χ1) is 7.88. The minimum atomic E-state index is -3.74. The monoisotopic (exact) mass is 279 g/mol. The van der Waals surface area contributed by atoms with Crippen LogP contribution in [0.3, 0.4) is 0 Å². The van der Waals surface area contributed by atoms with E-state index < -0.39 is 27.6 Å². The van der Waals surface area contributed by atoms with Crippen LogP contribution in [0.1, 0.15) is 6.92 Å². The molecular weight excluding hydrogens is 269 g/mol. The van der Waals surface area contributed by atoms with E-state index in [1.54, 1.807) is 0 Å². The van der Waals surface area contributed by atoms with Gasteiger partial charge in [-0.1, -0.05) is 12.1 Å². The van der Waals surface area contributed by atoms with Gasteiger partial charge < -0.3 is 0 Å². The lowest BCUT2D eigenvalue weighted by atomic mass is 10.3. The Balaban J connectivity index is 3.25. The summed E-state index contributed by atoms with van der Waals surface area (Å²) in [5.41, 5.74) is -0.177. The van der Waals surface area contributed by atoms with Gasteiger partial charge >= 0.3 is 0 Å². The first-order valence-corrected chi connectivity index (χ1v) is 6.80. The molecule has 0 bridgehead atoms. The summed E-state index contributed by atoms with van der Waals surface area (Å²) in [5.74, 6) is -0.965. The molecule has 0 atom stereocenters. The zero-order valence-corrected chi connectivity index (χ0v) is 10.6. The average molecular weight is 280 g/mol. The van der Waals surface area contributed by atoms with Crippen molar-refractivity contribution < 1.29 is 17.6 Å². The number of carbonyl (C=O) groups excluding carboxylic acids is 1. The highest BCUT2D eigenvalue weighted by Gasteiger charge is 2.24. The van der Waals surface area contributed by atoms with Gasteiger partial charge in [0.1, 0.15) is 12.4 Å². The van der Waals surface area contributed by atoms with E-state index in [-0.39, 0.29) is 11.4 Å². The fraction of sp³-hybridized carbons (Fsp3) is 0.300. The maximum atomic E-state index is 13.5. The van der Waals surface area contributed by atoms with E-state index in [4.69, 9.17) is 11.6 Å². The van der Waals surface area contributed by atoms with Crippen LogP contribution in [0.5, 0.6) is 0 Å². The molecule has 1 aromatic carbocycles. The Morgan fingerprint density at radius 3 is 2.47 bits per heavy atom. The molecule has 7 heteroatoms. The van der Waals surface area contributed by atoms with Gasteiger partial charge in [0, 0.05) is 0 Å². The summed E-state index contributed by atoms with van der Waals surface area (Å²) in [6.07, 6.45) is 0. The van der Waals surface area contributed by atoms with Crippen molar-refractivity contribution >= 4 is 32.6 Å². The largest absolute Gasteiger partial charge is 0.279 e. The third kappa shape index (κ3) is 3.41. The van der Waals surface area contributed by atoms with E-state index >= 15 is 0 Å². The maximum absolute atomic E-state index is 13.5. The van der Waals surface area contributed by atoms with Crippen LogP contribution in [-0.4, -0.2) is 26.0 Å². The van der Waals surface area contributed by atoms with Gasteiger partial charge in [0.25, 0.3) is 0 Å². The summed E-state index contributed by atoms with van der Waals surface area (Å²) in [6, 6.07) is 5.31. The highest BCUT2D eigenvalue weighted by atomic mass is 35.5. The third-order valence-electron chi connectivity index (χ3n) is 2.09. The normalized spacial score (nSPS) is 11.2. The lowest BCUT2D eigenvalue weighted by Crippen LogP contribution is -2.36. The van der Waals surface area contributed by atoms with Gasteiger partial charge in [0.15, 0.2) is 0 Å². The number of anilines is 1. The number of para-hydroxylation sites is 1.